The molecule has 34 heavy (non-hydrogen) atoms. The number of Topliss-reactive ketones (excluding diaryl/α,β-unsaturated/α-hetero) is 1. The number of amides is 3. The van der Waals surface area contributed by atoms with Gasteiger partial charge in [0, 0.05) is 17.2 Å². The summed E-state index contributed by atoms with van der Waals surface area (Å²) in [6, 6.07) is 13.2. The second-order valence-corrected chi connectivity index (χ2v) is 8.89. The molecule has 8 heteroatoms. The zero-order chi connectivity index (χ0) is 24.7. The second-order valence-electron chi connectivity index (χ2n) is 8.89. The quantitative estimate of drug-likeness (QED) is 0.504. The van der Waals surface area contributed by atoms with Crippen molar-refractivity contribution in [1.29, 1.82) is 0 Å². The number of anilines is 2. The van der Waals surface area contributed by atoms with E-state index in [0.29, 0.717) is 17.2 Å². The van der Waals surface area contributed by atoms with Gasteiger partial charge in [0.2, 0.25) is 5.91 Å². The second kappa shape index (κ2) is 11.4. The Morgan fingerprint density at radius 3 is 2.38 bits per heavy atom. The van der Waals surface area contributed by atoms with Gasteiger partial charge in [-0.25, -0.2) is 4.79 Å². The fraction of sp³-hybridized carbons (Fsp3) is 0.385. The zero-order valence-electron chi connectivity index (χ0n) is 19.5. The molecular formula is C26H31N3O5. The van der Waals surface area contributed by atoms with Gasteiger partial charge in [-0.3, -0.25) is 19.3 Å². The number of carboxylic acid groups (broad SMARTS) is 1. The van der Waals surface area contributed by atoms with E-state index in [1.54, 1.807) is 42.5 Å². The molecule has 3 rings (SSSR count). The Morgan fingerprint density at radius 2 is 1.71 bits per heavy atom. The van der Waals surface area contributed by atoms with E-state index in [9.17, 15) is 24.3 Å². The van der Waals surface area contributed by atoms with Gasteiger partial charge in [-0.15, -0.1) is 0 Å². The van der Waals surface area contributed by atoms with Crippen molar-refractivity contribution in [1.82, 2.24) is 5.32 Å². The van der Waals surface area contributed by atoms with Crippen molar-refractivity contribution in [3.05, 3.63) is 59.7 Å². The number of nitrogens with zero attached hydrogens (tertiary/aromatic N) is 1. The Bertz CT molecular complexity index is 1060. The molecule has 0 atom stereocenters. The number of urea groups is 1. The fourth-order valence-electron chi connectivity index (χ4n) is 4.25. The topological polar surface area (TPSA) is 116 Å². The Morgan fingerprint density at radius 1 is 1.00 bits per heavy atom. The van der Waals surface area contributed by atoms with E-state index in [2.05, 4.69) is 17.6 Å². The molecule has 0 spiro atoms. The van der Waals surface area contributed by atoms with E-state index in [0.717, 1.165) is 36.1 Å². The number of rotatable bonds is 8. The largest absolute Gasteiger partial charge is 0.480 e. The monoisotopic (exact) mass is 465 g/mol. The average molecular weight is 466 g/mol. The van der Waals surface area contributed by atoms with Crippen LogP contribution in [0.1, 0.15) is 48.5 Å². The summed E-state index contributed by atoms with van der Waals surface area (Å²) < 4.78 is 0. The molecule has 180 valence electrons. The minimum atomic E-state index is -1.22. The molecule has 1 aliphatic rings. The molecule has 3 N–H and O–H groups in total. The summed E-state index contributed by atoms with van der Waals surface area (Å²) in [6.07, 6.45) is 3.50. The molecule has 8 nitrogen and oxygen atoms in total. The third kappa shape index (κ3) is 6.66. The number of aryl methyl sites for hydroxylation is 1. The highest BCUT2D eigenvalue weighted by molar-refractivity contribution is 6.09. The number of nitrogens with one attached hydrogen (secondary N) is 2. The lowest BCUT2D eigenvalue weighted by molar-refractivity contribution is -0.136. The van der Waals surface area contributed by atoms with Crippen molar-refractivity contribution in [2.24, 2.45) is 11.8 Å². The van der Waals surface area contributed by atoms with Crippen LogP contribution in [0.5, 0.6) is 0 Å². The van der Waals surface area contributed by atoms with Crippen molar-refractivity contribution in [2.45, 2.75) is 39.5 Å². The Kier molecular flexibility index (Phi) is 8.40. The summed E-state index contributed by atoms with van der Waals surface area (Å²) in [5.41, 5.74) is 2.13. The van der Waals surface area contributed by atoms with Gasteiger partial charge >= 0.3 is 12.0 Å². The number of hydrogen-bond acceptors (Lipinski definition) is 4. The van der Waals surface area contributed by atoms with E-state index in [-0.39, 0.29) is 17.4 Å². The maximum Gasteiger partial charge on any atom is 0.323 e. The summed E-state index contributed by atoms with van der Waals surface area (Å²) in [6.45, 7) is 3.02. The predicted octanol–water partition coefficient (Wildman–Crippen LogP) is 4.24. The number of carbonyl (C=O) groups excluding carboxylic acids is 3. The van der Waals surface area contributed by atoms with Crippen molar-refractivity contribution >= 4 is 35.1 Å². The summed E-state index contributed by atoms with van der Waals surface area (Å²) in [5, 5.41) is 14.5. The third-order valence-electron chi connectivity index (χ3n) is 6.12. The zero-order valence-corrected chi connectivity index (χ0v) is 19.5. The van der Waals surface area contributed by atoms with Crippen LogP contribution in [0.4, 0.5) is 16.2 Å². The SMILES string of the molecule is Cc1cccc(NC(=O)NCC(=O)N(CC(=O)O)c2ccccc2C(=O)[C@H]2CC[C@H](C)CC2)c1. The van der Waals surface area contributed by atoms with E-state index in [1.165, 1.54) is 0 Å². The summed E-state index contributed by atoms with van der Waals surface area (Å²) in [7, 11) is 0. The first-order chi connectivity index (χ1) is 16.2. The Balaban J connectivity index is 1.73. The van der Waals surface area contributed by atoms with Gasteiger partial charge in [-0.1, -0.05) is 44.0 Å². The Hall–Kier alpha value is -3.68. The van der Waals surface area contributed by atoms with Gasteiger partial charge in [-0.05, 0) is 55.5 Å². The molecule has 0 aliphatic heterocycles. The molecule has 0 bridgehead atoms. The standard InChI is InChI=1S/C26H31N3O5/c1-17-10-12-19(13-11-17)25(33)21-8-3-4-9-22(21)29(16-24(31)32)23(30)15-27-26(34)28-20-7-5-6-18(2)14-20/h3-9,14,17,19H,10-13,15-16H2,1-2H3,(H,31,32)(H2,27,28,34)/t17-,19-. The van der Waals surface area contributed by atoms with Gasteiger partial charge in [0.25, 0.3) is 0 Å². The molecular weight excluding hydrogens is 434 g/mol. The highest BCUT2D eigenvalue weighted by atomic mass is 16.4. The molecule has 2 aromatic rings. The van der Waals surface area contributed by atoms with Gasteiger partial charge in [0.05, 0.1) is 12.2 Å². The lowest BCUT2D eigenvalue weighted by atomic mass is 9.79. The minimum Gasteiger partial charge on any atom is -0.480 e. The number of ketones is 1. The van der Waals surface area contributed by atoms with Crippen molar-refractivity contribution in [3.8, 4) is 0 Å². The van der Waals surface area contributed by atoms with Crippen molar-refractivity contribution < 1.29 is 24.3 Å². The first-order valence-electron chi connectivity index (χ1n) is 11.5. The molecule has 0 aromatic heterocycles. The van der Waals surface area contributed by atoms with E-state index in [4.69, 9.17) is 0 Å². The molecule has 1 saturated carbocycles. The number of carboxylic acids is 1. The normalized spacial score (nSPS) is 17.5. The number of aliphatic carboxylic acids is 1. The van der Waals surface area contributed by atoms with Crippen LogP contribution in [0.2, 0.25) is 0 Å². The fourth-order valence-corrected chi connectivity index (χ4v) is 4.25. The van der Waals surface area contributed by atoms with Gasteiger partial charge in [0.15, 0.2) is 5.78 Å². The van der Waals surface area contributed by atoms with Crippen LogP contribution in [0, 0.1) is 18.8 Å². The molecule has 1 aliphatic carbocycles. The van der Waals surface area contributed by atoms with Gasteiger partial charge in [-0.2, -0.15) is 0 Å². The van der Waals surface area contributed by atoms with E-state index < -0.39 is 31.0 Å². The number of hydrogen-bond donors (Lipinski definition) is 3. The van der Waals surface area contributed by atoms with Crippen LogP contribution in [0.15, 0.2) is 48.5 Å². The molecule has 1 fully saturated rings. The summed E-state index contributed by atoms with van der Waals surface area (Å²) >= 11 is 0. The van der Waals surface area contributed by atoms with Crippen molar-refractivity contribution in [2.75, 3.05) is 23.3 Å². The van der Waals surface area contributed by atoms with Crippen molar-refractivity contribution in [3.63, 3.8) is 0 Å². The first-order valence-corrected chi connectivity index (χ1v) is 11.5. The van der Waals surface area contributed by atoms with E-state index in [1.807, 2.05) is 13.0 Å². The third-order valence-corrected chi connectivity index (χ3v) is 6.12. The molecule has 0 unspecified atom stereocenters. The van der Waals surface area contributed by atoms with Crippen LogP contribution < -0.4 is 15.5 Å². The molecule has 0 radical (unpaired) electrons. The molecule has 0 saturated heterocycles. The maximum absolute atomic E-state index is 13.3. The molecule has 2 aromatic carbocycles. The van der Waals surface area contributed by atoms with Gasteiger partial charge < -0.3 is 15.7 Å². The van der Waals surface area contributed by atoms with Crippen LogP contribution in [-0.4, -0.2) is 41.9 Å². The maximum atomic E-state index is 13.3. The Labute approximate surface area is 199 Å². The molecule has 0 heterocycles. The minimum absolute atomic E-state index is 0.0733. The number of carbonyl (C=O) groups is 4. The van der Waals surface area contributed by atoms with E-state index >= 15 is 0 Å². The highest BCUT2D eigenvalue weighted by Gasteiger charge is 2.29. The smallest absolute Gasteiger partial charge is 0.323 e. The summed E-state index contributed by atoms with van der Waals surface area (Å²) in [4.78, 5) is 51.1. The van der Waals surface area contributed by atoms with Crippen LogP contribution >= 0.6 is 0 Å². The number of para-hydroxylation sites is 1. The lowest BCUT2D eigenvalue weighted by Crippen LogP contribution is -2.44. The first kappa shape index (κ1) is 25.0. The van der Waals surface area contributed by atoms with Crippen LogP contribution in [-0.2, 0) is 9.59 Å². The number of benzene rings is 2. The highest BCUT2D eigenvalue weighted by Crippen LogP contribution is 2.33. The molecule has 3 amide bonds. The average Bonchev–Trinajstić information content (AvgIpc) is 2.81. The van der Waals surface area contributed by atoms with Gasteiger partial charge in [0.1, 0.15) is 6.54 Å². The van der Waals surface area contributed by atoms with Crippen LogP contribution in [0.3, 0.4) is 0 Å². The summed E-state index contributed by atoms with van der Waals surface area (Å²) in [5.74, 6) is -1.47. The predicted molar refractivity (Wildman–Crippen MR) is 130 cm³/mol. The lowest BCUT2D eigenvalue weighted by Gasteiger charge is -2.28. The van der Waals surface area contributed by atoms with Crippen LogP contribution in [0.25, 0.3) is 0 Å².